The van der Waals surface area contributed by atoms with Crippen LogP contribution in [0.25, 0.3) is 12.2 Å². The van der Waals surface area contributed by atoms with Crippen molar-refractivity contribution in [3.8, 4) is 0 Å². The zero-order valence-electron chi connectivity index (χ0n) is 16.5. The second kappa shape index (κ2) is 10.3. The number of anilines is 1. The quantitative estimate of drug-likeness (QED) is 0.421. The maximum atomic E-state index is 10.4. The Morgan fingerprint density at radius 1 is 0.931 bits per heavy atom. The Bertz CT molecular complexity index is 1060. The molecule has 0 atom stereocenters. The molecule has 3 rings (SSSR count). The highest BCUT2D eigenvalue weighted by atomic mass is 79.9. The first kappa shape index (κ1) is 22.8. The molecular formula is C22H23BrN2O3S. The van der Waals surface area contributed by atoms with Crippen molar-refractivity contribution in [3.05, 3.63) is 88.7 Å². The molecule has 7 heteroatoms. The Balaban J connectivity index is 0.000000234. The zero-order chi connectivity index (χ0) is 21.4. The Labute approximate surface area is 180 Å². The van der Waals surface area contributed by atoms with Gasteiger partial charge in [0.15, 0.2) is 6.20 Å². The second-order valence-corrected chi connectivity index (χ2v) is 8.76. The summed E-state index contributed by atoms with van der Waals surface area (Å²) in [6.07, 6.45) is 6.31. The molecule has 0 spiro atoms. The summed E-state index contributed by atoms with van der Waals surface area (Å²) in [7, 11) is 1.86. The van der Waals surface area contributed by atoms with Gasteiger partial charge in [0, 0.05) is 42.5 Å². The van der Waals surface area contributed by atoms with Crippen LogP contribution < -0.4 is 9.47 Å². The van der Waals surface area contributed by atoms with Crippen molar-refractivity contribution in [2.75, 3.05) is 19.0 Å². The number of benzene rings is 2. The highest BCUT2D eigenvalue weighted by molar-refractivity contribution is 9.10. The molecule has 1 aromatic heterocycles. The van der Waals surface area contributed by atoms with Crippen LogP contribution in [0.15, 0.2) is 82.3 Å². The van der Waals surface area contributed by atoms with E-state index in [9.17, 15) is 13.0 Å². The largest absolute Gasteiger partial charge is 0.744 e. The van der Waals surface area contributed by atoms with Crippen molar-refractivity contribution >= 4 is 43.9 Å². The molecule has 0 aliphatic carbocycles. The number of rotatable bonds is 4. The van der Waals surface area contributed by atoms with Gasteiger partial charge in [0.05, 0.1) is 4.90 Å². The number of hydrogen-bond acceptors (Lipinski definition) is 4. The van der Waals surface area contributed by atoms with Crippen LogP contribution in [0.4, 0.5) is 5.69 Å². The molecule has 0 bridgehead atoms. The molecule has 0 saturated heterocycles. The van der Waals surface area contributed by atoms with E-state index in [4.69, 9.17) is 0 Å². The van der Waals surface area contributed by atoms with Crippen molar-refractivity contribution in [2.24, 2.45) is 7.05 Å². The fraction of sp³-hybridized carbons (Fsp3) is 0.136. The molecule has 3 aromatic rings. The van der Waals surface area contributed by atoms with Crippen LogP contribution in [0.1, 0.15) is 11.3 Å². The summed E-state index contributed by atoms with van der Waals surface area (Å²) in [5.41, 5.74) is 3.62. The van der Waals surface area contributed by atoms with E-state index in [0.717, 1.165) is 4.47 Å². The fourth-order valence-electron chi connectivity index (χ4n) is 2.38. The van der Waals surface area contributed by atoms with Crippen LogP contribution in [-0.2, 0) is 17.2 Å². The van der Waals surface area contributed by atoms with Gasteiger partial charge in [-0.15, -0.1) is 0 Å². The zero-order valence-corrected chi connectivity index (χ0v) is 18.9. The highest BCUT2D eigenvalue weighted by Gasteiger charge is 1.99. The van der Waals surface area contributed by atoms with Gasteiger partial charge in [0.2, 0.25) is 5.69 Å². The van der Waals surface area contributed by atoms with Crippen LogP contribution in [0.2, 0.25) is 0 Å². The lowest BCUT2D eigenvalue weighted by molar-refractivity contribution is -0.673. The third-order valence-corrected chi connectivity index (χ3v) is 5.43. The van der Waals surface area contributed by atoms with E-state index < -0.39 is 10.1 Å². The Morgan fingerprint density at radius 3 is 2.07 bits per heavy atom. The van der Waals surface area contributed by atoms with E-state index in [1.54, 1.807) is 0 Å². The highest BCUT2D eigenvalue weighted by Crippen LogP contribution is 2.14. The number of aryl methyl sites for hydroxylation is 1. The van der Waals surface area contributed by atoms with E-state index in [0.29, 0.717) is 0 Å². The summed E-state index contributed by atoms with van der Waals surface area (Å²) >= 11 is 3.12. The van der Waals surface area contributed by atoms with Crippen LogP contribution in [0.3, 0.4) is 0 Å². The number of aromatic nitrogens is 1. The summed E-state index contributed by atoms with van der Waals surface area (Å²) in [5, 5.41) is 0. The van der Waals surface area contributed by atoms with Gasteiger partial charge in [-0.05, 0) is 54.1 Å². The Hall–Kier alpha value is -2.48. The smallest absolute Gasteiger partial charge is 0.204 e. The lowest BCUT2D eigenvalue weighted by atomic mass is 10.1. The first-order chi connectivity index (χ1) is 13.7. The fourth-order valence-corrected chi connectivity index (χ4v) is 3.11. The van der Waals surface area contributed by atoms with Crippen molar-refractivity contribution in [1.29, 1.82) is 0 Å². The van der Waals surface area contributed by atoms with Crippen molar-refractivity contribution in [2.45, 2.75) is 4.90 Å². The molecule has 1 heterocycles. The monoisotopic (exact) mass is 474 g/mol. The van der Waals surface area contributed by atoms with Crippen LogP contribution >= 0.6 is 15.9 Å². The third-order valence-electron chi connectivity index (χ3n) is 4.05. The van der Waals surface area contributed by atoms with Crippen LogP contribution in [0.5, 0.6) is 0 Å². The average Bonchev–Trinajstić information content (AvgIpc) is 2.68. The van der Waals surface area contributed by atoms with Crippen molar-refractivity contribution in [3.63, 3.8) is 0 Å². The number of halogens is 1. The molecule has 0 radical (unpaired) electrons. The molecule has 0 fully saturated rings. The number of nitrogens with zero attached hydrogens (tertiary/aromatic N) is 2. The molecule has 0 saturated carbocycles. The maximum absolute atomic E-state index is 10.4. The first-order valence-electron chi connectivity index (χ1n) is 8.78. The molecule has 5 nitrogen and oxygen atoms in total. The summed E-state index contributed by atoms with van der Waals surface area (Å²) in [5.74, 6) is 0. The topological polar surface area (TPSA) is 64.3 Å². The van der Waals surface area contributed by atoms with E-state index in [2.05, 4.69) is 101 Å². The molecule has 152 valence electrons. The molecule has 0 N–H and O–H groups in total. The van der Waals surface area contributed by atoms with Gasteiger partial charge in [-0.1, -0.05) is 28.1 Å². The van der Waals surface area contributed by atoms with Crippen LogP contribution in [0, 0.1) is 0 Å². The van der Waals surface area contributed by atoms with Gasteiger partial charge >= 0.3 is 0 Å². The van der Waals surface area contributed by atoms with Crippen molar-refractivity contribution in [1.82, 2.24) is 0 Å². The summed E-state index contributed by atoms with van der Waals surface area (Å²) in [4.78, 5) is 1.89. The minimum absolute atomic E-state index is 0.208. The lowest BCUT2D eigenvalue weighted by Gasteiger charge is -2.11. The summed E-state index contributed by atoms with van der Waals surface area (Å²) < 4.78 is 34.0. The second-order valence-electron chi connectivity index (χ2n) is 6.46. The summed E-state index contributed by atoms with van der Waals surface area (Å²) in [6, 6.07) is 20.2. The number of hydrogen-bond donors (Lipinski definition) is 0. The molecule has 0 aliphatic heterocycles. The van der Waals surface area contributed by atoms with Gasteiger partial charge in [0.1, 0.15) is 17.2 Å². The molecular weight excluding hydrogens is 452 g/mol. The van der Waals surface area contributed by atoms with Gasteiger partial charge in [-0.3, -0.25) is 0 Å². The standard InChI is InChI=1S/C16H19N2.C6H5BrO3S/c1-17(2)15-10-7-14(8-11-15)9-12-16-6-4-5-13-18(16)3;7-5-1-3-6(4-2-5)11(8,9)10/h4-13H,1-3H3;1-4H,(H,8,9,10)/q+1;/p-1. The van der Waals surface area contributed by atoms with Crippen LogP contribution in [-0.4, -0.2) is 27.1 Å². The normalized spacial score (nSPS) is 11.1. The predicted octanol–water partition coefficient (Wildman–Crippen LogP) is 4.10. The van der Waals surface area contributed by atoms with Crippen molar-refractivity contribution < 1.29 is 17.5 Å². The molecule has 0 amide bonds. The number of pyridine rings is 1. The maximum Gasteiger partial charge on any atom is 0.204 e. The third kappa shape index (κ3) is 7.45. The van der Waals surface area contributed by atoms with E-state index >= 15 is 0 Å². The van der Waals surface area contributed by atoms with Gasteiger partial charge in [-0.2, -0.15) is 0 Å². The van der Waals surface area contributed by atoms with E-state index in [1.807, 2.05) is 6.07 Å². The molecule has 0 aliphatic rings. The van der Waals surface area contributed by atoms with E-state index in [-0.39, 0.29) is 4.90 Å². The SMILES string of the molecule is CN(C)c1ccc(/C=C/c2cccc[n+]2C)cc1.O=S(=O)([O-])c1ccc(Br)cc1. The minimum atomic E-state index is -4.29. The molecule has 0 unspecified atom stereocenters. The molecule has 2 aromatic carbocycles. The average molecular weight is 475 g/mol. The van der Waals surface area contributed by atoms with Gasteiger partial charge in [0.25, 0.3) is 0 Å². The lowest BCUT2D eigenvalue weighted by Crippen LogP contribution is -2.30. The van der Waals surface area contributed by atoms with Gasteiger partial charge in [-0.25, -0.2) is 13.0 Å². The predicted molar refractivity (Wildman–Crippen MR) is 119 cm³/mol. The molecule has 29 heavy (non-hydrogen) atoms. The minimum Gasteiger partial charge on any atom is -0.744 e. The Kier molecular flexibility index (Phi) is 8.13. The first-order valence-corrected chi connectivity index (χ1v) is 11.0. The van der Waals surface area contributed by atoms with E-state index in [1.165, 1.54) is 41.2 Å². The summed E-state index contributed by atoms with van der Waals surface area (Å²) in [6.45, 7) is 0. The Morgan fingerprint density at radius 2 is 1.55 bits per heavy atom. The van der Waals surface area contributed by atoms with Gasteiger partial charge < -0.3 is 9.45 Å².